The summed E-state index contributed by atoms with van der Waals surface area (Å²) in [6.07, 6.45) is 3.31. The summed E-state index contributed by atoms with van der Waals surface area (Å²) in [7, 11) is 3.12. The van der Waals surface area contributed by atoms with Crippen LogP contribution in [0, 0.1) is 0 Å². The monoisotopic (exact) mass is 380 g/mol. The molecule has 0 atom stereocenters. The van der Waals surface area contributed by atoms with Crippen LogP contribution in [0.5, 0.6) is 11.6 Å². The molecule has 144 valence electrons. The first-order chi connectivity index (χ1) is 13.7. The third-order valence-electron chi connectivity index (χ3n) is 3.72. The molecule has 1 amide bonds. The Morgan fingerprint density at radius 2 is 1.86 bits per heavy atom. The minimum atomic E-state index is -0.332. The lowest BCUT2D eigenvalue weighted by molar-refractivity contribution is -0.118. The fourth-order valence-electron chi connectivity index (χ4n) is 2.47. The van der Waals surface area contributed by atoms with Crippen LogP contribution >= 0.6 is 0 Å². The molecule has 8 nitrogen and oxygen atoms in total. The van der Waals surface area contributed by atoms with Crippen LogP contribution in [0.2, 0.25) is 0 Å². The molecule has 0 spiro atoms. The molecule has 0 radical (unpaired) electrons. The molecule has 3 rings (SSSR count). The van der Waals surface area contributed by atoms with Gasteiger partial charge in [-0.2, -0.15) is 4.98 Å². The Morgan fingerprint density at radius 3 is 2.61 bits per heavy atom. The summed E-state index contributed by atoms with van der Waals surface area (Å²) in [6, 6.07) is 12.4. The van der Waals surface area contributed by atoms with Crippen molar-refractivity contribution >= 4 is 11.6 Å². The molecule has 28 heavy (non-hydrogen) atoms. The number of benzene rings is 1. The summed E-state index contributed by atoms with van der Waals surface area (Å²) in [5.41, 5.74) is 2.00. The van der Waals surface area contributed by atoms with E-state index in [0.717, 1.165) is 5.56 Å². The standard InChI is InChI=1S/C20H20N4O4/c1-26-12-15-11-19(24-20(22-15)14-7-9-21-10-8-14)28-13-18(25)23-16-5-3-4-6-17(16)27-2/h3-11H,12-13H2,1-2H3,(H,23,25). The second kappa shape index (κ2) is 9.43. The Kier molecular flexibility index (Phi) is 6.48. The Balaban J connectivity index is 1.72. The van der Waals surface area contributed by atoms with Crippen molar-refractivity contribution in [1.29, 1.82) is 0 Å². The summed E-state index contributed by atoms with van der Waals surface area (Å²) >= 11 is 0. The van der Waals surface area contributed by atoms with Gasteiger partial charge in [-0.3, -0.25) is 9.78 Å². The third kappa shape index (κ3) is 5.01. The first-order valence-corrected chi connectivity index (χ1v) is 8.52. The second-order valence-corrected chi connectivity index (χ2v) is 5.73. The summed E-state index contributed by atoms with van der Waals surface area (Å²) < 4.78 is 16.0. The fourth-order valence-corrected chi connectivity index (χ4v) is 2.47. The molecular weight excluding hydrogens is 360 g/mol. The fraction of sp³-hybridized carbons (Fsp3) is 0.200. The predicted octanol–water partition coefficient (Wildman–Crippen LogP) is 2.71. The van der Waals surface area contributed by atoms with Crippen molar-refractivity contribution in [3.05, 3.63) is 60.6 Å². The summed E-state index contributed by atoms with van der Waals surface area (Å²) in [5, 5.41) is 2.75. The van der Waals surface area contributed by atoms with Gasteiger partial charge < -0.3 is 19.5 Å². The molecular formula is C20H20N4O4. The zero-order valence-electron chi connectivity index (χ0n) is 15.6. The van der Waals surface area contributed by atoms with Crippen LogP contribution in [0.4, 0.5) is 5.69 Å². The lowest BCUT2D eigenvalue weighted by Crippen LogP contribution is -2.21. The number of hydrogen-bond donors (Lipinski definition) is 1. The first-order valence-electron chi connectivity index (χ1n) is 8.52. The average molecular weight is 380 g/mol. The number of para-hydroxylation sites is 2. The molecule has 1 aromatic carbocycles. The number of nitrogens with one attached hydrogen (secondary N) is 1. The minimum Gasteiger partial charge on any atom is -0.495 e. The maximum atomic E-state index is 12.3. The van der Waals surface area contributed by atoms with Crippen molar-refractivity contribution in [1.82, 2.24) is 15.0 Å². The Bertz CT molecular complexity index is 934. The lowest BCUT2D eigenvalue weighted by atomic mass is 10.2. The highest BCUT2D eigenvalue weighted by atomic mass is 16.5. The van der Waals surface area contributed by atoms with Crippen molar-refractivity contribution in [2.45, 2.75) is 6.61 Å². The molecule has 0 unspecified atom stereocenters. The van der Waals surface area contributed by atoms with E-state index in [1.165, 1.54) is 0 Å². The van der Waals surface area contributed by atoms with Crippen molar-refractivity contribution in [3.8, 4) is 23.0 Å². The molecule has 0 saturated carbocycles. The van der Waals surface area contributed by atoms with E-state index in [0.29, 0.717) is 29.6 Å². The van der Waals surface area contributed by atoms with Gasteiger partial charge in [0, 0.05) is 31.1 Å². The van der Waals surface area contributed by atoms with Gasteiger partial charge in [0.25, 0.3) is 5.91 Å². The number of hydrogen-bond acceptors (Lipinski definition) is 7. The second-order valence-electron chi connectivity index (χ2n) is 5.73. The van der Waals surface area contributed by atoms with E-state index in [-0.39, 0.29) is 18.4 Å². The van der Waals surface area contributed by atoms with Crippen LogP contribution in [0.15, 0.2) is 54.9 Å². The highest BCUT2D eigenvalue weighted by molar-refractivity contribution is 5.93. The summed E-state index contributed by atoms with van der Waals surface area (Å²) in [5.74, 6) is 0.989. The van der Waals surface area contributed by atoms with Crippen LogP contribution in [0.25, 0.3) is 11.4 Å². The number of nitrogens with zero attached hydrogens (tertiary/aromatic N) is 3. The highest BCUT2D eigenvalue weighted by Crippen LogP contribution is 2.23. The van der Waals surface area contributed by atoms with Crippen molar-refractivity contribution in [3.63, 3.8) is 0 Å². The van der Waals surface area contributed by atoms with Crippen LogP contribution < -0.4 is 14.8 Å². The Morgan fingerprint density at radius 1 is 1.07 bits per heavy atom. The molecule has 0 aliphatic heterocycles. The first kappa shape index (κ1) is 19.2. The lowest BCUT2D eigenvalue weighted by Gasteiger charge is -2.11. The quantitative estimate of drug-likeness (QED) is 0.642. The number of anilines is 1. The van der Waals surface area contributed by atoms with E-state index < -0.39 is 0 Å². The van der Waals surface area contributed by atoms with Gasteiger partial charge in [-0.05, 0) is 24.3 Å². The maximum absolute atomic E-state index is 12.3. The van der Waals surface area contributed by atoms with E-state index in [1.807, 2.05) is 6.07 Å². The van der Waals surface area contributed by atoms with Gasteiger partial charge in [0.2, 0.25) is 5.88 Å². The number of aromatic nitrogens is 3. The Hall–Kier alpha value is -3.52. The largest absolute Gasteiger partial charge is 0.495 e. The number of carbonyl (C=O) groups excluding carboxylic acids is 1. The van der Waals surface area contributed by atoms with Crippen LogP contribution in [0.1, 0.15) is 5.69 Å². The number of carbonyl (C=O) groups is 1. The molecule has 1 N–H and O–H groups in total. The normalized spacial score (nSPS) is 10.4. The molecule has 0 aliphatic carbocycles. The summed E-state index contributed by atoms with van der Waals surface area (Å²) in [4.78, 5) is 25.1. The molecule has 8 heteroatoms. The van der Waals surface area contributed by atoms with Crippen LogP contribution in [-0.2, 0) is 16.1 Å². The molecule has 0 bridgehead atoms. The van der Waals surface area contributed by atoms with Crippen molar-refractivity contribution in [2.24, 2.45) is 0 Å². The SMILES string of the molecule is COCc1cc(OCC(=O)Nc2ccccc2OC)nc(-c2ccncc2)n1. The highest BCUT2D eigenvalue weighted by Gasteiger charge is 2.11. The van der Waals surface area contributed by atoms with Crippen molar-refractivity contribution in [2.75, 3.05) is 26.1 Å². The topological polar surface area (TPSA) is 95.5 Å². The van der Waals surface area contributed by atoms with E-state index in [1.54, 1.807) is 63.0 Å². The number of methoxy groups -OCH3 is 2. The molecule has 0 saturated heterocycles. The third-order valence-corrected chi connectivity index (χ3v) is 3.72. The number of pyridine rings is 1. The number of rotatable bonds is 8. The molecule has 0 aliphatic rings. The molecule has 2 aromatic heterocycles. The molecule has 3 aromatic rings. The summed E-state index contributed by atoms with van der Waals surface area (Å²) in [6.45, 7) is 0.0850. The van der Waals surface area contributed by atoms with Gasteiger partial charge in [-0.15, -0.1) is 0 Å². The van der Waals surface area contributed by atoms with Gasteiger partial charge >= 0.3 is 0 Å². The van der Waals surface area contributed by atoms with E-state index in [9.17, 15) is 4.79 Å². The zero-order valence-corrected chi connectivity index (χ0v) is 15.6. The Labute approximate surface area is 162 Å². The average Bonchev–Trinajstić information content (AvgIpc) is 2.73. The van der Waals surface area contributed by atoms with Crippen LogP contribution in [0.3, 0.4) is 0 Å². The smallest absolute Gasteiger partial charge is 0.262 e. The molecule has 0 fully saturated rings. The van der Waals surface area contributed by atoms with E-state index in [4.69, 9.17) is 14.2 Å². The van der Waals surface area contributed by atoms with Gasteiger partial charge in [0.15, 0.2) is 12.4 Å². The van der Waals surface area contributed by atoms with E-state index in [2.05, 4.69) is 20.3 Å². The molecule has 2 heterocycles. The predicted molar refractivity (Wildman–Crippen MR) is 103 cm³/mol. The van der Waals surface area contributed by atoms with Gasteiger partial charge in [0.1, 0.15) is 5.75 Å². The number of amides is 1. The maximum Gasteiger partial charge on any atom is 0.262 e. The van der Waals surface area contributed by atoms with Gasteiger partial charge in [0.05, 0.1) is 25.1 Å². The van der Waals surface area contributed by atoms with Crippen LogP contribution in [-0.4, -0.2) is 41.7 Å². The van der Waals surface area contributed by atoms with Crippen molar-refractivity contribution < 1.29 is 19.0 Å². The van der Waals surface area contributed by atoms with Gasteiger partial charge in [-0.1, -0.05) is 12.1 Å². The van der Waals surface area contributed by atoms with Gasteiger partial charge in [-0.25, -0.2) is 4.98 Å². The van der Waals surface area contributed by atoms with E-state index >= 15 is 0 Å². The number of ether oxygens (including phenoxy) is 3. The zero-order chi connectivity index (χ0) is 19.8. The minimum absolute atomic E-state index is 0.211.